The molecule has 2 amide bonds. The minimum absolute atomic E-state index is 0.230. The average Bonchev–Trinajstić information content (AvgIpc) is 3.44. The topological polar surface area (TPSA) is 94.5 Å². The highest BCUT2D eigenvalue weighted by molar-refractivity contribution is 5.95. The van der Waals surface area contributed by atoms with Gasteiger partial charge in [0.2, 0.25) is 0 Å². The summed E-state index contributed by atoms with van der Waals surface area (Å²) < 4.78 is 25.8. The van der Waals surface area contributed by atoms with Gasteiger partial charge in [-0.1, -0.05) is 12.1 Å². The summed E-state index contributed by atoms with van der Waals surface area (Å²) in [6.07, 6.45) is 5.29. The van der Waals surface area contributed by atoms with Crippen molar-refractivity contribution in [3.05, 3.63) is 102 Å². The van der Waals surface area contributed by atoms with Gasteiger partial charge in [0.15, 0.2) is 18.1 Å². The third kappa shape index (κ3) is 6.06. The molecule has 0 aliphatic heterocycles. The Morgan fingerprint density at radius 2 is 1.78 bits per heavy atom. The summed E-state index contributed by atoms with van der Waals surface area (Å²) in [6.45, 7) is 1.62. The van der Waals surface area contributed by atoms with E-state index in [0.717, 1.165) is 11.3 Å². The van der Waals surface area contributed by atoms with E-state index in [2.05, 4.69) is 15.6 Å². The lowest BCUT2D eigenvalue weighted by Crippen LogP contribution is -2.26. The number of rotatable bonds is 9. The Balaban J connectivity index is 1.35. The summed E-state index contributed by atoms with van der Waals surface area (Å²) in [5, 5.41) is 5.59. The lowest BCUT2D eigenvalue weighted by Gasteiger charge is -2.16. The fourth-order valence-corrected chi connectivity index (χ4v) is 3.51. The van der Waals surface area contributed by atoms with Crippen LogP contribution in [0.3, 0.4) is 0 Å². The summed E-state index contributed by atoms with van der Waals surface area (Å²) in [7, 11) is 1.45. The summed E-state index contributed by atoms with van der Waals surface area (Å²) in [5.41, 5.74) is 2.76. The van der Waals surface area contributed by atoms with Crippen molar-refractivity contribution >= 4 is 17.5 Å². The number of hydrogen-bond donors (Lipinski definition) is 2. The highest BCUT2D eigenvalue weighted by Crippen LogP contribution is 2.28. The van der Waals surface area contributed by atoms with Crippen LogP contribution in [0.25, 0.3) is 5.69 Å². The molecule has 0 saturated carbocycles. The molecular weight excluding hydrogens is 463 g/mol. The number of hydrogen-bond acceptors (Lipinski definition) is 5. The van der Waals surface area contributed by atoms with E-state index in [1.807, 2.05) is 42.0 Å². The summed E-state index contributed by atoms with van der Waals surface area (Å²) in [6, 6.07) is 17.7. The van der Waals surface area contributed by atoms with Crippen molar-refractivity contribution in [1.82, 2.24) is 14.9 Å². The molecule has 0 spiro atoms. The average molecular weight is 489 g/mol. The summed E-state index contributed by atoms with van der Waals surface area (Å²) in [4.78, 5) is 29.0. The second kappa shape index (κ2) is 11.2. The predicted molar refractivity (Wildman–Crippen MR) is 133 cm³/mol. The lowest BCUT2D eigenvalue weighted by atomic mass is 10.1. The van der Waals surface area contributed by atoms with Crippen molar-refractivity contribution < 1.29 is 23.5 Å². The molecule has 0 bridgehead atoms. The molecule has 2 N–H and O–H groups in total. The predicted octanol–water partition coefficient (Wildman–Crippen LogP) is 4.53. The van der Waals surface area contributed by atoms with Gasteiger partial charge in [-0.25, -0.2) is 9.37 Å². The molecule has 9 heteroatoms. The van der Waals surface area contributed by atoms with Gasteiger partial charge in [0.25, 0.3) is 11.8 Å². The zero-order valence-corrected chi connectivity index (χ0v) is 19.8. The van der Waals surface area contributed by atoms with Crippen LogP contribution in [0.4, 0.5) is 10.1 Å². The number of imidazole rings is 1. The molecule has 1 aromatic heterocycles. The van der Waals surface area contributed by atoms with Gasteiger partial charge in [0, 0.05) is 29.3 Å². The normalized spacial score (nSPS) is 11.4. The van der Waals surface area contributed by atoms with E-state index in [0.29, 0.717) is 22.7 Å². The zero-order valence-electron chi connectivity index (χ0n) is 19.8. The monoisotopic (exact) mass is 488 g/mol. The van der Waals surface area contributed by atoms with E-state index in [-0.39, 0.29) is 18.6 Å². The number of carbonyl (C=O) groups excluding carboxylic acids is 2. The second-order valence-corrected chi connectivity index (χ2v) is 7.97. The number of carbonyl (C=O) groups is 2. The van der Waals surface area contributed by atoms with Crippen molar-refractivity contribution in [3.63, 3.8) is 0 Å². The Bertz CT molecular complexity index is 1320. The quantitative estimate of drug-likeness (QED) is 0.361. The summed E-state index contributed by atoms with van der Waals surface area (Å²) in [5.74, 6) is -0.463. The van der Waals surface area contributed by atoms with Crippen LogP contribution < -0.4 is 20.1 Å². The highest BCUT2D eigenvalue weighted by Gasteiger charge is 2.15. The molecule has 36 heavy (non-hydrogen) atoms. The van der Waals surface area contributed by atoms with Crippen LogP contribution in [0.2, 0.25) is 0 Å². The van der Waals surface area contributed by atoms with Gasteiger partial charge in [0.1, 0.15) is 5.82 Å². The molecule has 0 aliphatic rings. The maximum absolute atomic E-state index is 13.0. The molecule has 1 unspecified atom stereocenters. The van der Waals surface area contributed by atoms with Crippen LogP contribution in [0, 0.1) is 5.82 Å². The van der Waals surface area contributed by atoms with E-state index in [1.165, 1.54) is 31.4 Å². The number of amides is 2. The van der Waals surface area contributed by atoms with Crippen molar-refractivity contribution in [2.24, 2.45) is 0 Å². The first kappa shape index (κ1) is 24.5. The fraction of sp³-hybridized carbons (Fsp3) is 0.148. The number of ether oxygens (including phenoxy) is 2. The number of aromatic nitrogens is 2. The zero-order chi connectivity index (χ0) is 25.5. The second-order valence-electron chi connectivity index (χ2n) is 7.97. The molecule has 4 aromatic rings. The van der Waals surface area contributed by atoms with E-state index in [9.17, 15) is 14.0 Å². The molecule has 0 saturated heterocycles. The maximum atomic E-state index is 13.0. The maximum Gasteiger partial charge on any atom is 0.262 e. The number of nitrogens with one attached hydrogen (secondary N) is 2. The molecule has 0 radical (unpaired) electrons. The van der Waals surface area contributed by atoms with Gasteiger partial charge in [-0.2, -0.15) is 0 Å². The lowest BCUT2D eigenvalue weighted by molar-refractivity contribution is -0.118. The standard InChI is InChI=1S/C27H25FN4O4/c1-18(19-3-10-23(11-4-19)32-14-13-29-17-32)30-27(34)20-5-12-24(25(15-20)35-2)36-16-26(33)31-22-8-6-21(28)7-9-22/h3-15,17-18H,16H2,1-2H3,(H,30,34)(H,31,33). The molecule has 1 heterocycles. The molecular formula is C27H25FN4O4. The van der Waals surface area contributed by atoms with Gasteiger partial charge in [-0.05, 0) is 67.1 Å². The molecule has 3 aromatic carbocycles. The first-order valence-corrected chi connectivity index (χ1v) is 11.2. The van der Waals surface area contributed by atoms with Crippen LogP contribution in [0.15, 0.2) is 85.5 Å². The first-order chi connectivity index (χ1) is 17.4. The molecule has 1 atom stereocenters. The number of benzene rings is 3. The van der Waals surface area contributed by atoms with E-state index in [4.69, 9.17) is 9.47 Å². The molecule has 4 rings (SSSR count). The van der Waals surface area contributed by atoms with E-state index >= 15 is 0 Å². The Kier molecular flexibility index (Phi) is 7.60. The number of nitrogens with zero attached hydrogens (tertiary/aromatic N) is 2. The number of halogens is 1. The van der Waals surface area contributed by atoms with Crippen molar-refractivity contribution in [3.8, 4) is 17.2 Å². The molecule has 184 valence electrons. The molecule has 0 fully saturated rings. The summed E-state index contributed by atoms with van der Waals surface area (Å²) >= 11 is 0. The van der Waals surface area contributed by atoms with Crippen LogP contribution in [0.5, 0.6) is 11.5 Å². The molecule has 0 aliphatic carbocycles. The van der Waals surface area contributed by atoms with Gasteiger partial charge < -0.3 is 24.7 Å². The number of anilines is 1. The third-order valence-corrected chi connectivity index (χ3v) is 5.46. The SMILES string of the molecule is COc1cc(C(=O)NC(C)c2ccc(-n3ccnc3)cc2)ccc1OCC(=O)Nc1ccc(F)cc1. The Morgan fingerprint density at radius 3 is 2.44 bits per heavy atom. The van der Waals surface area contributed by atoms with Crippen LogP contribution in [0.1, 0.15) is 28.9 Å². The Hall–Kier alpha value is -4.66. The minimum Gasteiger partial charge on any atom is -0.493 e. The van der Waals surface area contributed by atoms with E-state index in [1.54, 1.807) is 30.7 Å². The molecule has 8 nitrogen and oxygen atoms in total. The smallest absolute Gasteiger partial charge is 0.262 e. The van der Waals surface area contributed by atoms with Crippen molar-refractivity contribution in [1.29, 1.82) is 0 Å². The first-order valence-electron chi connectivity index (χ1n) is 11.2. The van der Waals surface area contributed by atoms with Gasteiger partial charge in [-0.15, -0.1) is 0 Å². The van der Waals surface area contributed by atoms with Gasteiger partial charge in [0.05, 0.1) is 19.5 Å². The van der Waals surface area contributed by atoms with Crippen LogP contribution in [-0.2, 0) is 4.79 Å². The fourth-order valence-electron chi connectivity index (χ4n) is 3.51. The van der Waals surface area contributed by atoms with Crippen molar-refractivity contribution in [2.75, 3.05) is 19.0 Å². The highest BCUT2D eigenvalue weighted by atomic mass is 19.1. The Morgan fingerprint density at radius 1 is 1.03 bits per heavy atom. The van der Waals surface area contributed by atoms with Crippen LogP contribution >= 0.6 is 0 Å². The minimum atomic E-state index is -0.418. The number of methoxy groups -OCH3 is 1. The van der Waals surface area contributed by atoms with Gasteiger partial charge >= 0.3 is 0 Å². The Labute approximate surface area is 207 Å². The van der Waals surface area contributed by atoms with Gasteiger partial charge in [-0.3, -0.25) is 9.59 Å². The van der Waals surface area contributed by atoms with Crippen LogP contribution in [-0.4, -0.2) is 35.1 Å². The van der Waals surface area contributed by atoms with E-state index < -0.39 is 11.7 Å². The largest absolute Gasteiger partial charge is 0.493 e. The third-order valence-electron chi connectivity index (χ3n) is 5.46. The van der Waals surface area contributed by atoms with Crippen molar-refractivity contribution in [2.45, 2.75) is 13.0 Å².